The molecule has 1 heterocycles. The minimum Gasteiger partial charge on any atom is -0.495 e. The van der Waals surface area contributed by atoms with Gasteiger partial charge >= 0.3 is 0 Å². The van der Waals surface area contributed by atoms with Gasteiger partial charge in [-0.2, -0.15) is 4.72 Å². The van der Waals surface area contributed by atoms with Crippen molar-refractivity contribution in [3.8, 4) is 17.2 Å². The van der Waals surface area contributed by atoms with Crippen molar-refractivity contribution in [3.05, 3.63) is 77.3 Å². The zero-order valence-electron chi connectivity index (χ0n) is 17.6. The SMILES string of the molecule is COc1ccc(S(=O)(=O)N[C@H](Cc2ccccc2)C(=O)Nc2ccc3c(c2)OCO3)cc1Cl. The lowest BCUT2D eigenvalue weighted by atomic mass is 10.1. The second-order valence-electron chi connectivity index (χ2n) is 7.22. The molecule has 1 atom stereocenters. The number of nitrogens with one attached hydrogen (secondary N) is 2. The molecule has 0 radical (unpaired) electrons. The summed E-state index contributed by atoms with van der Waals surface area (Å²) in [7, 11) is -2.63. The van der Waals surface area contributed by atoms with E-state index < -0.39 is 22.0 Å². The lowest BCUT2D eigenvalue weighted by Crippen LogP contribution is -2.45. The molecule has 1 aliphatic rings. The first-order valence-electron chi connectivity index (χ1n) is 9.96. The summed E-state index contributed by atoms with van der Waals surface area (Å²) in [6.07, 6.45) is 0.139. The molecular formula is C23H21ClN2O6S. The van der Waals surface area contributed by atoms with Crippen LogP contribution in [0.4, 0.5) is 5.69 Å². The van der Waals surface area contributed by atoms with Crippen LogP contribution in [0.3, 0.4) is 0 Å². The van der Waals surface area contributed by atoms with Crippen molar-refractivity contribution in [2.75, 3.05) is 19.2 Å². The highest BCUT2D eigenvalue weighted by Crippen LogP contribution is 2.34. The molecule has 0 saturated carbocycles. The maximum absolute atomic E-state index is 13.1. The highest BCUT2D eigenvalue weighted by Gasteiger charge is 2.27. The van der Waals surface area contributed by atoms with Crippen molar-refractivity contribution in [2.45, 2.75) is 17.4 Å². The zero-order valence-corrected chi connectivity index (χ0v) is 19.2. The van der Waals surface area contributed by atoms with E-state index in [0.717, 1.165) is 5.56 Å². The number of fused-ring (bicyclic) bond motifs is 1. The van der Waals surface area contributed by atoms with Gasteiger partial charge in [-0.15, -0.1) is 0 Å². The van der Waals surface area contributed by atoms with Crippen LogP contribution in [0.2, 0.25) is 5.02 Å². The van der Waals surface area contributed by atoms with Gasteiger partial charge in [0.1, 0.15) is 11.8 Å². The van der Waals surface area contributed by atoms with Crippen molar-refractivity contribution in [1.29, 1.82) is 0 Å². The number of benzene rings is 3. The van der Waals surface area contributed by atoms with Crippen molar-refractivity contribution in [3.63, 3.8) is 0 Å². The Kier molecular flexibility index (Phi) is 6.73. The van der Waals surface area contributed by atoms with E-state index in [9.17, 15) is 13.2 Å². The van der Waals surface area contributed by atoms with Crippen LogP contribution >= 0.6 is 11.6 Å². The van der Waals surface area contributed by atoms with E-state index in [4.69, 9.17) is 25.8 Å². The number of hydrogen-bond acceptors (Lipinski definition) is 6. The Hall–Kier alpha value is -3.27. The first kappa shape index (κ1) is 22.9. The number of anilines is 1. The largest absolute Gasteiger partial charge is 0.495 e. The summed E-state index contributed by atoms with van der Waals surface area (Å²) in [5.41, 5.74) is 1.24. The number of sulfonamides is 1. The molecule has 10 heteroatoms. The molecule has 4 rings (SSSR count). The van der Waals surface area contributed by atoms with E-state index in [0.29, 0.717) is 22.9 Å². The molecule has 0 fully saturated rings. The van der Waals surface area contributed by atoms with Crippen molar-refractivity contribution < 1.29 is 27.4 Å². The number of amides is 1. The fourth-order valence-corrected chi connectivity index (χ4v) is 4.85. The minimum atomic E-state index is -4.07. The van der Waals surface area contributed by atoms with Gasteiger partial charge in [0.25, 0.3) is 0 Å². The molecule has 1 amide bonds. The lowest BCUT2D eigenvalue weighted by molar-refractivity contribution is -0.117. The fourth-order valence-electron chi connectivity index (χ4n) is 3.31. The van der Waals surface area contributed by atoms with E-state index in [1.54, 1.807) is 18.2 Å². The van der Waals surface area contributed by atoms with Crippen molar-refractivity contribution in [2.24, 2.45) is 0 Å². The maximum Gasteiger partial charge on any atom is 0.242 e. The first-order chi connectivity index (χ1) is 15.9. The molecule has 0 saturated heterocycles. The molecule has 33 heavy (non-hydrogen) atoms. The monoisotopic (exact) mass is 488 g/mol. The summed E-state index contributed by atoms with van der Waals surface area (Å²) < 4.78 is 44.3. The van der Waals surface area contributed by atoms with Gasteiger partial charge < -0.3 is 19.5 Å². The topological polar surface area (TPSA) is 103 Å². The van der Waals surface area contributed by atoms with Crippen LogP contribution in [0.1, 0.15) is 5.56 Å². The molecule has 3 aromatic carbocycles. The van der Waals surface area contributed by atoms with Crippen LogP contribution in [0.5, 0.6) is 17.2 Å². The number of halogens is 1. The predicted molar refractivity (Wildman–Crippen MR) is 123 cm³/mol. The third-order valence-electron chi connectivity index (χ3n) is 4.97. The molecule has 0 aliphatic carbocycles. The Bertz CT molecular complexity index is 1270. The average molecular weight is 489 g/mol. The highest BCUT2D eigenvalue weighted by molar-refractivity contribution is 7.89. The first-order valence-corrected chi connectivity index (χ1v) is 11.8. The van der Waals surface area contributed by atoms with E-state index in [1.165, 1.54) is 25.3 Å². The van der Waals surface area contributed by atoms with E-state index >= 15 is 0 Å². The molecule has 0 spiro atoms. The number of hydrogen-bond donors (Lipinski definition) is 2. The molecule has 0 aromatic heterocycles. The van der Waals surface area contributed by atoms with Gasteiger partial charge in [0.2, 0.25) is 22.7 Å². The Morgan fingerprint density at radius 2 is 1.82 bits per heavy atom. The number of methoxy groups -OCH3 is 1. The summed E-state index contributed by atoms with van der Waals surface area (Å²) in [5, 5.41) is 2.89. The summed E-state index contributed by atoms with van der Waals surface area (Å²) in [6, 6.07) is 17.1. The smallest absolute Gasteiger partial charge is 0.242 e. The van der Waals surface area contributed by atoms with Gasteiger partial charge in [0, 0.05) is 11.8 Å². The molecule has 1 aliphatic heterocycles. The van der Waals surface area contributed by atoms with Gasteiger partial charge in [-0.05, 0) is 42.3 Å². The molecule has 0 unspecified atom stereocenters. The van der Waals surface area contributed by atoms with E-state index in [1.807, 2.05) is 30.3 Å². The predicted octanol–water partition coefficient (Wildman–Crippen LogP) is 3.61. The molecule has 172 valence electrons. The standard InChI is InChI=1S/C23H21ClN2O6S/c1-30-20-10-8-17(13-18(20)24)33(28,29)26-19(11-15-5-3-2-4-6-15)23(27)25-16-7-9-21-22(12-16)32-14-31-21/h2-10,12-13,19,26H,11,14H2,1H3,(H,25,27)/t19-/m1/s1. The Morgan fingerprint density at radius 1 is 1.06 bits per heavy atom. The van der Waals surface area contributed by atoms with Crippen LogP contribution in [-0.4, -0.2) is 34.3 Å². The molecular weight excluding hydrogens is 468 g/mol. The Morgan fingerprint density at radius 3 is 2.55 bits per heavy atom. The number of ether oxygens (including phenoxy) is 3. The summed E-state index contributed by atoms with van der Waals surface area (Å²) >= 11 is 6.10. The molecule has 2 N–H and O–H groups in total. The van der Waals surface area contributed by atoms with Crippen molar-refractivity contribution in [1.82, 2.24) is 4.72 Å². The number of carbonyl (C=O) groups excluding carboxylic acids is 1. The van der Waals surface area contributed by atoms with Gasteiger partial charge in [-0.1, -0.05) is 41.9 Å². The molecule has 0 bridgehead atoms. The summed E-state index contributed by atoms with van der Waals surface area (Å²) in [4.78, 5) is 13.1. The zero-order chi connectivity index (χ0) is 23.4. The van der Waals surface area contributed by atoms with Crippen LogP contribution in [0.25, 0.3) is 0 Å². The summed E-state index contributed by atoms with van der Waals surface area (Å²) in [6.45, 7) is 0.105. The van der Waals surface area contributed by atoms with Gasteiger partial charge in [0.05, 0.1) is 17.0 Å². The molecule has 8 nitrogen and oxygen atoms in total. The quantitative estimate of drug-likeness (QED) is 0.502. The van der Waals surface area contributed by atoms with Gasteiger partial charge in [0.15, 0.2) is 11.5 Å². The normalized spacial score (nSPS) is 13.4. The summed E-state index contributed by atoms with van der Waals surface area (Å²) in [5.74, 6) is 0.893. The average Bonchev–Trinajstić information content (AvgIpc) is 3.27. The molecule has 3 aromatic rings. The maximum atomic E-state index is 13.1. The van der Waals surface area contributed by atoms with Crippen LogP contribution in [-0.2, 0) is 21.2 Å². The third kappa shape index (κ3) is 5.39. The number of rotatable bonds is 8. The Labute approximate surface area is 196 Å². The van der Waals surface area contributed by atoms with Crippen LogP contribution < -0.4 is 24.2 Å². The number of carbonyl (C=O) groups is 1. The minimum absolute atomic E-state index is 0.0813. The van der Waals surface area contributed by atoms with Crippen LogP contribution in [0, 0.1) is 0 Å². The van der Waals surface area contributed by atoms with Crippen molar-refractivity contribution >= 4 is 33.2 Å². The fraction of sp³-hybridized carbons (Fsp3) is 0.174. The second-order valence-corrected chi connectivity index (χ2v) is 9.34. The van der Waals surface area contributed by atoms with Crippen LogP contribution in [0.15, 0.2) is 71.6 Å². The second kappa shape index (κ2) is 9.70. The Balaban J connectivity index is 1.58. The third-order valence-corrected chi connectivity index (χ3v) is 6.73. The van der Waals surface area contributed by atoms with E-state index in [2.05, 4.69) is 10.0 Å². The lowest BCUT2D eigenvalue weighted by Gasteiger charge is -2.19. The highest BCUT2D eigenvalue weighted by atomic mass is 35.5. The van der Waals surface area contributed by atoms with Gasteiger partial charge in [-0.3, -0.25) is 4.79 Å². The van der Waals surface area contributed by atoms with Gasteiger partial charge in [-0.25, -0.2) is 8.42 Å². The van der Waals surface area contributed by atoms with E-state index in [-0.39, 0.29) is 23.1 Å².